The average molecular weight is 737 g/mol. The van der Waals surface area contributed by atoms with Crippen molar-refractivity contribution in [1.29, 1.82) is 0 Å². The molecule has 5 heterocycles. The molecule has 0 aliphatic rings. The molecule has 0 atom stereocenters. The number of methoxy groups -OCH3 is 1. The Hall–Kier alpha value is -6.89. The monoisotopic (exact) mass is 736 g/mol. The number of carbonyl (C=O) groups excluding carboxylic acids is 4. The summed E-state index contributed by atoms with van der Waals surface area (Å²) in [6.07, 6.45) is 4.98. The van der Waals surface area contributed by atoms with Crippen molar-refractivity contribution >= 4 is 63.4 Å². The normalized spacial score (nSPS) is 11.6. The third-order valence-corrected chi connectivity index (χ3v) is 8.69. The van der Waals surface area contributed by atoms with Crippen molar-refractivity contribution in [2.24, 2.45) is 11.5 Å². The zero-order valence-corrected chi connectivity index (χ0v) is 30.4. The van der Waals surface area contributed by atoms with E-state index in [0.29, 0.717) is 57.9 Å². The summed E-state index contributed by atoms with van der Waals surface area (Å²) in [6.45, 7) is 8.62. The first-order chi connectivity index (χ1) is 25.8. The van der Waals surface area contributed by atoms with Crippen LogP contribution in [0.2, 0.25) is 0 Å². The van der Waals surface area contributed by atoms with E-state index in [1.165, 1.54) is 24.1 Å². The van der Waals surface area contributed by atoms with E-state index in [9.17, 15) is 19.2 Å². The number of nitrogen functional groups attached to an aromatic ring is 1. The number of hydrogen-bond donors (Lipinski definition) is 5. The zero-order valence-electron chi connectivity index (χ0n) is 30.4. The van der Waals surface area contributed by atoms with Crippen LogP contribution in [0, 0.1) is 13.8 Å². The van der Waals surface area contributed by atoms with Gasteiger partial charge in [-0.3, -0.25) is 43.7 Å². The molecule has 0 radical (unpaired) electrons. The van der Waals surface area contributed by atoms with Crippen molar-refractivity contribution in [2.75, 3.05) is 23.5 Å². The van der Waals surface area contributed by atoms with Gasteiger partial charge >= 0.3 is 0 Å². The molecule has 8 N–H and O–H groups in total. The van der Waals surface area contributed by atoms with Crippen LogP contribution in [0.25, 0.3) is 22.2 Å². The van der Waals surface area contributed by atoms with Gasteiger partial charge in [0.2, 0.25) is 23.7 Å². The molecule has 6 aromatic rings. The van der Waals surface area contributed by atoms with Gasteiger partial charge < -0.3 is 26.5 Å². The van der Waals surface area contributed by atoms with Crippen molar-refractivity contribution in [3.05, 3.63) is 82.1 Å². The second-order valence-corrected chi connectivity index (χ2v) is 12.4. The Balaban J connectivity index is 1.38. The lowest BCUT2D eigenvalue weighted by molar-refractivity contribution is 0.0991. The van der Waals surface area contributed by atoms with Gasteiger partial charge in [0, 0.05) is 50.6 Å². The lowest BCUT2D eigenvalue weighted by Gasteiger charge is -2.12. The SMILES string of the molecule is CCn1nc(C)cc1C(=O)Nc1nc2cc(C(N)=O)cc(COC)c2n1C/C=C/Cn1c(NC(=O)c2c(N)c(C)nn2CC)nc2cc(C(N)=O)cnc21. The maximum absolute atomic E-state index is 13.6. The molecular weight excluding hydrogens is 696 g/mol. The molecule has 0 saturated heterocycles. The summed E-state index contributed by atoms with van der Waals surface area (Å²) < 4.78 is 12.0. The molecule has 0 fully saturated rings. The zero-order chi connectivity index (χ0) is 38.8. The molecule has 0 aliphatic heterocycles. The third kappa shape index (κ3) is 6.98. The van der Waals surface area contributed by atoms with Crippen molar-refractivity contribution in [3.63, 3.8) is 0 Å². The van der Waals surface area contributed by atoms with E-state index in [2.05, 4.69) is 30.8 Å². The minimum absolute atomic E-state index is 0.131. The highest BCUT2D eigenvalue weighted by Gasteiger charge is 2.24. The number of aromatic nitrogens is 9. The van der Waals surface area contributed by atoms with Crippen molar-refractivity contribution < 1.29 is 23.9 Å². The van der Waals surface area contributed by atoms with Gasteiger partial charge in [-0.25, -0.2) is 15.0 Å². The first-order valence-corrected chi connectivity index (χ1v) is 17.0. The standard InChI is InChI=1S/C35H40N14O5/c1-6-48-25(12-18(3)44-48)32(52)42-34-40-23-14-20(29(37)50)13-22(17-54-5)27(23)46(34)10-8-9-11-47-31-24(15-21(16-39-31)30(38)51)41-35(47)43-33(53)28-26(36)19(4)45-49(28)7-2/h8-9,12-16H,6-7,10-11,17,36H2,1-5H3,(H2,37,50)(H2,38,51)(H,40,42,52)(H,41,43,53)/b9-8+. The van der Waals surface area contributed by atoms with Crippen LogP contribution in [0.1, 0.15) is 72.5 Å². The number of nitrogens with zero attached hydrogens (tertiary/aromatic N) is 9. The third-order valence-electron chi connectivity index (χ3n) is 8.69. The molecule has 6 rings (SSSR count). The van der Waals surface area contributed by atoms with Crippen LogP contribution >= 0.6 is 0 Å². The first-order valence-electron chi connectivity index (χ1n) is 17.0. The number of benzene rings is 1. The molecule has 5 aromatic heterocycles. The minimum atomic E-state index is -0.681. The summed E-state index contributed by atoms with van der Waals surface area (Å²) in [6, 6.07) is 6.37. The fourth-order valence-corrected chi connectivity index (χ4v) is 6.17. The minimum Gasteiger partial charge on any atom is -0.395 e. The molecule has 0 aliphatic carbocycles. The second-order valence-electron chi connectivity index (χ2n) is 12.4. The van der Waals surface area contributed by atoms with Crippen molar-refractivity contribution in [3.8, 4) is 0 Å². The Bertz CT molecular complexity index is 2480. The summed E-state index contributed by atoms with van der Waals surface area (Å²) in [5, 5.41) is 14.5. The van der Waals surface area contributed by atoms with E-state index in [1.54, 1.807) is 45.9 Å². The molecule has 19 nitrogen and oxygen atoms in total. The Labute approximate surface area is 308 Å². The highest BCUT2D eigenvalue weighted by Crippen LogP contribution is 2.27. The lowest BCUT2D eigenvalue weighted by atomic mass is 10.1. The van der Waals surface area contributed by atoms with Crippen LogP contribution in [-0.2, 0) is 37.5 Å². The van der Waals surface area contributed by atoms with E-state index in [-0.39, 0.29) is 54.1 Å². The smallest absolute Gasteiger partial charge is 0.278 e. The lowest BCUT2D eigenvalue weighted by Crippen LogP contribution is -2.21. The topological polar surface area (TPSA) is 264 Å². The van der Waals surface area contributed by atoms with Crippen LogP contribution in [-0.4, -0.2) is 74.4 Å². The van der Waals surface area contributed by atoms with E-state index < -0.39 is 23.6 Å². The number of aryl methyl sites for hydroxylation is 4. The van der Waals surface area contributed by atoms with Gasteiger partial charge in [0.05, 0.1) is 40.3 Å². The van der Waals surface area contributed by atoms with Crippen LogP contribution in [0.3, 0.4) is 0 Å². The number of pyridine rings is 1. The number of ether oxygens (including phenoxy) is 1. The van der Waals surface area contributed by atoms with E-state index in [1.807, 2.05) is 26.0 Å². The number of carbonyl (C=O) groups is 4. The van der Waals surface area contributed by atoms with Gasteiger partial charge in [-0.1, -0.05) is 12.2 Å². The maximum Gasteiger partial charge on any atom is 0.278 e. The van der Waals surface area contributed by atoms with Gasteiger partial charge in [-0.05, 0) is 52.0 Å². The van der Waals surface area contributed by atoms with Crippen LogP contribution in [0.4, 0.5) is 17.6 Å². The number of allylic oxidation sites excluding steroid dienone is 2. The van der Waals surface area contributed by atoms with Crippen LogP contribution in [0.15, 0.2) is 42.6 Å². The number of imidazole rings is 2. The van der Waals surface area contributed by atoms with E-state index >= 15 is 0 Å². The Morgan fingerprint density at radius 2 is 1.44 bits per heavy atom. The molecule has 4 amide bonds. The largest absolute Gasteiger partial charge is 0.395 e. The average Bonchev–Trinajstić information content (AvgIpc) is 3.87. The predicted octanol–water partition coefficient (Wildman–Crippen LogP) is 2.52. The first kappa shape index (κ1) is 36.9. The summed E-state index contributed by atoms with van der Waals surface area (Å²) in [4.78, 5) is 64.9. The Morgan fingerprint density at radius 1 is 0.815 bits per heavy atom. The number of anilines is 3. The van der Waals surface area contributed by atoms with Gasteiger partial charge in [0.1, 0.15) is 16.9 Å². The Morgan fingerprint density at radius 3 is 2.11 bits per heavy atom. The molecule has 54 heavy (non-hydrogen) atoms. The predicted molar refractivity (Wildman–Crippen MR) is 200 cm³/mol. The highest BCUT2D eigenvalue weighted by atomic mass is 16.5. The highest BCUT2D eigenvalue weighted by molar-refractivity contribution is 6.07. The number of nitrogens with one attached hydrogen (secondary N) is 2. The summed E-state index contributed by atoms with van der Waals surface area (Å²) in [5.74, 6) is -1.92. The second kappa shape index (κ2) is 15.0. The fourth-order valence-electron chi connectivity index (χ4n) is 6.17. The van der Waals surface area contributed by atoms with Gasteiger partial charge in [0.25, 0.3) is 11.8 Å². The number of amides is 4. The molecule has 280 valence electrons. The molecule has 1 aromatic carbocycles. The summed E-state index contributed by atoms with van der Waals surface area (Å²) in [5.41, 5.74) is 22.1. The molecule has 0 saturated carbocycles. The van der Waals surface area contributed by atoms with Crippen LogP contribution < -0.4 is 27.8 Å². The maximum atomic E-state index is 13.6. The number of primary amides is 2. The summed E-state index contributed by atoms with van der Waals surface area (Å²) in [7, 11) is 1.53. The quantitative estimate of drug-likeness (QED) is 0.101. The van der Waals surface area contributed by atoms with Crippen molar-refractivity contribution in [2.45, 2.75) is 60.5 Å². The number of nitrogens with two attached hydrogens (primary N) is 3. The molecule has 0 unspecified atom stereocenters. The summed E-state index contributed by atoms with van der Waals surface area (Å²) >= 11 is 0. The number of rotatable bonds is 14. The molecule has 19 heteroatoms. The Kier molecular flexibility index (Phi) is 10.2. The fraction of sp³-hybridized carbons (Fsp3) is 0.286. The van der Waals surface area contributed by atoms with Crippen LogP contribution in [0.5, 0.6) is 0 Å². The van der Waals surface area contributed by atoms with Crippen molar-refractivity contribution in [1.82, 2.24) is 43.6 Å². The number of hydrogen-bond acceptors (Lipinski definition) is 11. The van der Waals surface area contributed by atoms with Gasteiger partial charge in [-0.15, -0.1) is 0 Å². The number of fused-ring (bicyclic) bond motifs is 2. The molecule has 0 spiro atoms. The van der Waals surface area contributed by atoms with E-state index in [0.717, 1.165) is 0 Å². The van der Waals surface area contributed by atoms with Gasteiger partial charge in [-0.2, -0.15) is 10.2 Å². The van der Waals surface area contributed by atoms with Gasteiger partial charge in [0.15, 0.2) is 5.65 Å². The van der Waals surface area contributed by atoms with E-state index in [4.69, 9.17) is 26.9 Å². The molecule has 0 bridgehead atoms. The molecular formula is C35H40N14O5.